The van der Waals surface area contributed by atoms with Gasteiger partial charge in [-0.3, -0.25) is 9.59 Å². The molecule has 244 valence electrons. The Balaban J connectivity index is 1.80. The highest BCUT2D eigenvalue weighted by Gasteiger charge is 2.72. The number of carbonyl (C=O) groups excluding carboxylic acids is 2. The van der Waals surface area contributed by atoms with Gasteiger partial charge in [0.05, 0.1) is 22.5 Å². The standard InChI is InChI=1S/C31H20F6N2O8/c32-30(33,34)29(31(35,36)37,19-9-11-23(40)21(13-19)38-25(42)15-1-5-17(6-2-15)27(44)45)20-10-12-24(41)22(14-20)39-26(43)16-3-7-18(8-4-16)28(46)47/h1-14,40-41H,(H,38,42)(H,39,43)(H,44,45)(H,46,47). The molecule has 0 atom stereocenters. The molecule has 0 aliphatic rings. The van der Waals surface area contributed by atoms with E-state index in [1.54, 1.807) is 0 Å². The number of phenols is 2. The van der Waals surface area contributed by atoms with E-state index in [0.717, 1.165) is 48.5 Å². The van der Waals surface area contributed by atoms with Gasteiger partial charge in [0, 0.05) is 11.1 Å². The van der Waals surface area contributed by atoms with Crippen molar-refractivity contribution in [1.29, 1.82) is 0 Å². The fourth-order valence-electron chi connectivity index (χ4n) is 4.64. The Kier molecular flexibility index (Phi) is 8.91. The normalized spacial score (nSPS) is 11.9. The molecular formula is C31H20F6N2O8. The Labute approximate surface area is 259 Å². The van der Waals surface area contributed by atoms with Crippen molar-refractivity contribution in [2.45, 2.75) is 17.8 Å². The van der Waals surface area contributed by atoms with Crippen LogP contribution >= 0.6 is 0 Å². The summed E-state index contributed by atoms with van der Waals surface area (Å²) >= 11 is 0. The van der Waals surface area contributed by atoms with Gasteiger partial charge >= 0.3 is 24.3 Å². The lowest BCUT2D eigenvalue weighted by atomic mass is 9.72. The van der Waals surface area contributed by atoms with E-state index >= 15 is 0 Å². The molecule has 0 bridgehead atoms. The first-order chi connectivity index (χ1) is 21.9. The summed E-state index contributed by atoms with van der Waals surface area (Å²) in [6.07, 6.45) is -12.3. The summed E-state index contributed by atoms with van der Waals surface area (Å²) < 4.78 is 89.1. The molecule has 0 heterocycles. The minimum atomic E-state index is -6.15. The fraction of sp³-hybridized carbons (Fsp3) is 0.0968. The van der Waals surface area contributed by atoms with Crippen LogP contribution in [0.2, 0.25) is 0 Å². The quantitative estimate of drug-likeness (QED) is 0.0928. The first-order valence-electron chi connectivity index (χ1n) is 13.0. The van der Waals surface area contributed by atoms with Gasteiger partial charge in [0.2, 0.25) is 5.41 Å². The maximum Gasteiger partial charge on any atom is 0.411 e. The van der Waals surface area contributed by atoms with Crippen LogP contribution in [-0.4, -0.2) is 56.5 Å². The van der Waals surface area contributed by atoms with Gasteiger partial charge in [-0.2, -0.15) is 26.3 Å². The highest BCUT2D eigenvalue weighted by atomic mass is 19.4. The van der Waals surface area contributed by atoms with E-state index in [1.165, 1.54) is 0 Å². The van der Waals surface area contributed by atoms with E-state index < -0.39 is 75.5 Å². The summed E-state index contributed by atoms with van der Waals surface area (Å²) in [5, 5.41) is 42.5. The average molecular weight is 662 g/mol. The molecule has 0 saturated heterocycles. The average Bonchev–Trinajstić information content (AvgIpc) is 2.99. The third-order valence-corrected chi connectivity index (χ3v) is 6.99. The zero-order valence-corrected chi connectivity index (χ0v) is 23.3. The number of hydrogen-bond acceptors (Lipinski definition) is 6. The van der Waals surface area contributed by atoms with E-state index in [-0.39, 0.29) is 34.4 Å². The molecular weight excluding hydrogens is 642 g/mol. The summed E-state index contributed by atoms with van der Waals surface area (Å²) in [6, 6.07) is 10.4. The molecule has 0 aliphatic heterocycles. The van der Waals surface area contributed by atoms with E-state index in [2.05, 4.69) is 0 Å². The molecule has 2 amide bonds. The fourth-order valence-corrected chi connectivity index (χ4v) is 4.64. The van der Waals surface area contributed by atoms with Gasteiger partial charge in [0.25, 0.3) is 11.8 Å². The third-order valence-electron chi connectivity index (χ3n) is 6.99. The lowest BCUT2D eigenvalue weighted by Crippen LogP contribution is -2.54. The molecule has 0 fully saturated rings. The number of nitrogens with one attached hydrogen (secondary N) is 2. The number of carboxylic acid groups (broad SMARTS) is 2. The number of hydrogen-bond donors (Lipinski definition) is 6. The summed E-state index contributed by atoms with van der Waals surface area (Å²) in [7, 11) is 0. The summed E-state index contributed by atoms with van der Waals surface area (Å²) in [6.45, 7) is 0. The zero-order chi connectivity index (χ0) is 34.9. The monoisotopic (exact) mass is 662 g/mol. The molecule has 4 rings (SSSR count). The number of halogens is 6. The molecule has 10 nitrogen and oxygen atoms in total. The number of carbonyl (C=O) groups is 4. The minimum Gasteiger partial charge on any atom is -0.506 e. The van der Waals surface area contributed by atoms with E-state index in [0.29, 0.717) is 24.3 Å². The van der Waals surface area contributed by atoms with Crippen molar-refractivity contribution in [1.82, 2.24) is 0 Å². The van der Waals surface area contributed by atoms with Gasteiger partial charge in [0.1, 0.15) is 11.5 Å². The highest BCUT2D eigenvalue weighted by molar-refractivity contribution is 6.06. The van der Waals surface area contributed by atoms with Gasteiger partial charge in [-0.1, -0.05) is 12.1 Å². The van der Waals surface area contributed by atoms with Crippen LogP contribution in [0.15, 0.2) is 84.9 Å². The Morgan fingerprint density at radius 2 is 0.787 bits per heavy atom. The number of carboxylic acids is 2. The van der Waals surface area contributed by atoms with Crippen LogP contribution in [0.1, 0.15) is 52.6 Å². The minimum absolute atomic E-state index is 0.216. The number of rotatable bonds is 8. The predicted molar refractivity (Wildman–Crippen MR) is 152 cm³/mol. The number of phenolic OH excluding ortho intramolecular Hbond substituents is 2. The number of benzene rings is 4. The van der Waals surface area contributed by atoms with Crippen LogP contribution in [0.5, 0.6) is 11.5 Å². The molecule has 0 unspecified atom stereocenters. The van der Waals surface area contributed by atoms with Gasteiger partial charge in [-0.25, -0.2) is 9.59 Å². The maximum atomic E-state index is 14.9. The second-order valence-electron chi connectivity index (χ2n) is 9.88. The van der Waals surface area contributed by atoms with Crippen molar-refractivity contribution in [3.05, 3.63) is 118 Å². The topological polar surface area (TPSA) is 173 Å². The van der Waals surface area contributed by atoms with E-state index in [4.69, 9.17) is 10.2 Å². The van der Waals surface area contributed by atoms with Crippen LogP contribution in [0.3, 0.4) is 0 Å². The SMILES string of the molecule is O=C(O)c1ccc(C(=O)Nc2cc(C(c3ccc(O)c(NC(=O)c4ccc(C(=O)O)cc4)c3)(C(F)(F)F)C(F)(F)F)ccc2O)cc1. The van der Waals surface area contributed by atoms with E-state index in [9.17, 15) is 55.7 Å². The number of alkyl halides is 6. The zero-order valence-electron chi connectivity index (χ0n) is 23.3. The molecule has 4 aromatic rings. The molecule has 0 spiro atoms. The molecule has 0 aromatic heterocycles. The summed E-state index contributed by atoms with van der Waals surface area (Å²) in [5.41, 5.74) is -10.5. The van der Waals surface area contributed by atoms with Crippen molar-refractivity contribution in [2.24, 2.45) is 0 Å². The number of aromatic hydroxyl groups is 2. The molecule has 47 heavy (non-hydrogen) atoms. The largest absolute Gasteiger partial charge is 0.506 e. The van der Waals surface area contributed by atoms with Gasteiger partial charge < -0.3 is 31.1 Å². The highest BCUT2D eigenvalue weighted by Crippen LogP contribution is 2.57. The molecule has 0 aliphatic carbocycles. The lowest BCUT2D eigenvalue weighted by molar-refractivity contribution is -0.288. The van der Waals surface area contributed by atoms with Gasteiger partial charge in [-0.15, -0.1) is 0 Å². The maximum absolute atomic E-state index is 14.9. The Morgan fingerprint density at radius 3 is 1.06 bits per heavy atom. The third kappa shape index (κ3) is 6.51. The first-order valence-corrected chi connectivity index (χ1v) is 13.0. The molecule has 6 N–H and O–H groups in total. The van der Waals surface area contributed by atoms with Crippen LogP contribution in [0.25, 0.3) is 0 Å². The predicted octanol–water partition coefficient (Wildman–Crippen LogP) is 6.41. The lowest BCUT2D eigenvalue weighted by Gasteiger charge is -2.38. The van der Waals surface area contributed by atoms with E-state index in [1.807, 2.05) is 10.6 Å². The van der Waals surface area contributed by atoms with Gasteiger partial charge in [-0.05, 0) is 83.9 Å². The van der Waals surface area contributed by atoms with Crippen LogP contribution in [-0.2, 0) is 5.41 Å². The molecule has 4 aromatic carbocycles. The van der Waals surface area contributed by atoms with Crippen LogP contribution in [0, 0.1) is 0 Å². The summed E-state index contributed by atoms with van der Waals surface area (Å²) in [4.78, 5) is 47.5. The number of aromatic carboxylic acids is 2. The summed E-state index contributed by atoms with van der Waals surface area (Å²) in [5.74, 6) is -6.69. The van der Waals surface area contributed by atoms with Gasteiger partial charge in [0.15, 0.2) is 0 Å². The smallest absolute Gasteiger partial charge is 0.411 e. The Bertz CT molecular complexity index is 1730. The number of anilines is 2. The second kappa shape index (κ2) is 12.4. The number of amides is 2. The van der Waals surface area contributed by atoms with Crippen molar-refractivity contribution in [3.63, 3.8) is 0 Å². The van der Waals surface area contributed by atoms with Crippen LogP contribution < -0.4 is 10.6 Å². The molecule has 0 saturated carbocycles. The van der Waals surface area contributed by atoms with Crippen molar-refractivity contribution in [3.8, 4) is 11.5 Å². The molecule has 16 heteroatoms. The molecule has 0 radical (unpaired) electrons. The Hall–Kier alpha value is -6.06. The second-order valence-corrected chi connectivity index (χ2v) is 9.88. The Morgan fingerprint density at radius 1 is 0.489 bits per heavy atom. The first kappa shape index (κ1) is 33.8. The van der Waals surface area contributed by atoms with Crippen molar-refractivity contribution in [2.75, 3.05) is 10.6 Å². The van der Waals surface area contributed by atoms with Crippen LogP contribution in [0.4, 0.5) is 37.7 Å². The van der Waals surface area contributed by atoms with Crippen molar-refractivity contribution < 1.29 is 65.9 Å². The van der Waals surface area contributed by atoms with Crippen molar-refractivity contribution >= 4 is 35.1 Å².